The maximum Gasteiger partial charge on any atom is 0.148 e. The Kier molecular flexibility index (Phi) is 4.02. The lowest BCUT2D eigenvalue weighted by molar-refractivity contribution is 0.216. The topological polar surface area (TPSA) is 30.9 Å². The van der Waals surface area contributed by atoms with Crippen molar-refractivity contribution < 1.29 is 4.39 Å². The fourth-order valence-electron chi connectivity index (χ4n) is 3.12. The molecule has 2 aliphatic heterocycles. The number of fused-ring (bicyclic) bond motifs is 2. The van der Waals surface area contributed by atoms with Gasteiger partial charge in [0.25, 0.3) is 0 Å². The summed E-state index contributed by atoms with van der Waals surface area (Å²) in [6.07, 6.45) is 0.991. The van der Waals surface area contributed by atoms with Crippen molar-refractivity contribution >= 4 is 34.2 Å². The van der Waals surface area contributed by atoms with Gasteiger partial charge in [-0.05, 0) is 37.7 Å². The number of aliphatic imine (C=N–C) groups is 1. The number of piperazine rings is 1. The summed E-state index contributed by atoms with van der Waals surface area (Å²) in [7, 11) is 2.15. The van der Waals surface area contributed by atoms with Gasteiger partial charge >= 0.3 is 0 Å². The third-order valence-corrected chi connectivity index (χ3v) is 5.87. The van der Waals surface area contributed by atoms with Crippen molar-refractivity contribution in [2.24, 2.45) is 4.99 Å². The van der Waals surface area contributed by atoms with E-state index in [0.717, 1.165) is 60.4 Å². The number of benzene rings is 1. The Morgan fingerprint density at radius 1 is 1.17 bits per heavy atom. The van der Waals surface area contributed by atoms with Gasteiger partial charge in [-0.2, -0.15) is 0 Å². The molecular formula is C18H21FN4S. The molecule has 1 fully saturated rings. The van der Waals surface area contributed by atoms with Gasteiger partial charge in [-0.1, -0.05) is 6.92 Å². The minimum Gasteiger partial charge on any atom is -0.353 e. The highest BCUT2D eigenvalue weighted by Gasteiger charge is 2.26. The molecule has 0 spiro atoms. The van der Waals surface area contributed by atoms with E-state index in [0.29, 0.717) is 0 Å². The first-order valence-electron chi connectivity index (χ1n) is 8.36. The Bertz CT molecular complexity index is 790. The van der Waals surface area contributed by atoms with Gasteiger partial charge < -0.3 is 15.1 Å². The molecule has 3 heterocycles. The quantitative estimate of drug-likeness (QED) is 0.853. The Morgan fingerprint density at radius 2 is 1.96 bits per heavy atom. The monoisotopic (exact) mass is 344 g/mol. The predicted octanol–water partition coefficient (Wildman–Crippen LogP) is 3.83. The standard InChI is InChI=1S/C18H21FN4S/c1-3-13-11-16-17(24-13)18(23-8-6-22(2)7-9-23)21-14-5-4-12(19)10-15(14)20-16/h4-5,10-11,20H,3,6-9H2,1-2H3. The third kappa shape index (κ3) is 2.80. The highest BCUT2D eigenvalue weighted by molar-refractivity contribution is 7.14. The molecule has 0 radical (unpaired) electrons. The molecule has 126 valence electrons. The van der Waals surface area contributed by atoms with E-state index in [-0.39, 0.29) is 5.82 Å². The summed E-state index contributed by atoms with van der Waals surface area (Å²) in [6, 6.07) is 6.93. The number of nitrogens with one attached hydrogen (secondary N) is 1. The Labute approximate surface area is 145 Å². The second-order valence-electron chi connectivity index (χ2n) is 6.32. The first-order chi connectivity index (χ1) is 11.6. The zero-order chi connectivity index (χ0) is 16.7. The number of hydrogen-bond acceptors (Lipinski definition) is 5. The van der Waals surface area contributed by atoms with Gasteiger partial charge in [0.1, 0.15) is 11.7 Å². The molecule has 0 unspecified atom stereocenters. The third-order valence-electron chi connectivity index (χ3n) is 4.59. The maximum atomic E-state index is 13.7. The Morgan fingerprint density at radius 3 is 2.71 bits per heavy atom. The van der Waals surface area contributed by atoms with Crippen LogP contribution in [-0.2, 0) is 6.42 Å². The summed E-state index contributed by atoms with van der Waals surface area (Å²) in [5, 5.41) is 3.40. The molecule has 1 N–H and O–H groups in total. The highest BCUT2D eigenvalue weighted by Crippen LogP contribution is 2.39. The van der Waals surface area contributed by atoms with E-state index in [1.54, 1.807) is 17.4 Å². The summed E-state index contributed by atoms with van der Waals surface area (Å²) in [6.45, 7) is 6.15. The zero-order valence-corrected chi connectivity index (χ0v) is 14.8. The minimum absolute atomic E-state index is 0.244. The van der Waals surface area contributed by atoms with Crippen LogP contribution >= 0.6 is 11.3 Å². The smallest absolute Gasteiger partial charge is 0.148 e. The number of aryl methyl sites for hydroxylation is 1. The van der Waals surface area contributed by atoms with Crippen molar-refractivity contribution in [3.63, 3.8) is 0 Å². The van der Waals surface area contributed by atoms with Crippen molar-refractivity contribution in [2.45, 2.75) is 13.3 Å². The van der Waals surface area contributed by atoms with Crippen LogP contribution in [0.5, 0.6) is 0 Å². The van der Waals surface area contributed by atoms with Crippen LogP contribution in [0, 0.1) is 5.82 Å². The molecule has 0 saturated carbocycles. The summed E-state index contributed by atoms with van der Waals surface area (Å²) in [5.74, 6) is 0.771. The first kappa shape index (κ1) is 15.6. The second kappa shape index (κ2) is 6.18. The second-order valence-corrected chi connectivity index (χ2v) is 7.46. The Balaban J connectivity index is 1.81. The molecule has 0 aliphatic carbocycles. The maximum absolute atomic E-state index is 13.7. The molecule has 4 nitrogen and oxygen atoms in total. The van der Waals surface area contributed by atoms with Crippen molar-refractivity contribution in [3.8, 4) is 0 Å². The molecule has 1 saturated heterocycles. The molecule has 2 aliphatic rings. The molecule has 24 heavy (non-hydrogen) atoms. The molecule has 2 aromatic rings. The number of hydrogen-bond donors (Lipinski definition) is 1. The zero-order valence-electron chi connectivity index (χ0n) is 14.0. The van der Waals surface area contributed by atoms with Crippen LogP contribution in [0.25, 0.3) is 0 Å². The van der Waals surface area contributed by atoms with Crippen molar-refractivity contribution in [1.82, 2.24) is 9.80 Å². The van der Waals surface area contributed by atoms with Crippen LogP contribution < -0.4 is 5.32 Å². The van der Waals surface area contributed by atoms with Gasteiger partial charge in [0, 0.05) is 31.1 Å². The Hall–Kier alpha value is -1.92. The van der Waals surface area contributed by atoms with Crippen molar-refractivity contribution in [3.05, 3.63) is 39.8 Å². The van der Waals surface area contributed by atoms with Gasteiger partial charge in [0.15, 0.2) is 0 Å². The number of nitrogens with zero attached hydrogens (tertiary/aromatic N) is 3. The number of likely N-dealkylation sites (N-methyl/N-ethyl adjacent to an activating group) is 1. The average molecular weight is 344 g/mol. The molecule has 1 aromatic carbocycles. The number of amidine groups is 1. The lowest BCUT2D eigenvalue weighted by Crippen LogP contribution is -2.47. The van der Waals surface area contributed by atoms with E-state index in [1.165, 1.54) is 17.0 Å². The molecule has 0 amide bonds. The van der Waals surface area contributed by atoms with Gasteiger partial charge in [-0.15, -0.1) is 11.3 Å². The predicted molar refractivity (Wildman–Crippen MR) is 98.6 cm³/mol. The van der Waals surface area contributed by atoms with Gasteiger partial charge in [0.2, 0.25) is 0 Å². The highest BCUT2D eigenvalue weighted by atomic mass is 32.1. The lowest BCUT2D eigenvalue weighted by atomic mass is 10.2. The summed E-state index contributed by atoms with van der Waals surface area (Å²) >= 11 is 1.78. The number of rotatable bonds is 1. The van der Waals surface area contributed by atoms with Crippen LogP contribution in [0.3, 0.4) is 0 Å². The normalized spacial score (nSPS) is 17.6. The molecule has 0 bridgehead atoms. The number of thiophene rings is 1. The van der Waals surface area contributed by atoms with E-state index >= 15 is 0 Å². The largest absolute Gasteiger partial charge is 0.353 e. The van der Waals surface area contributed by atoms with E-state index < -0.39 is 0 Å². The fraction of sp³-hybridized carbons (Fsp3) is 0.389. The minimum atomic E-state index is -0.244. The van der Waals surface area contributed by atoms with Crippen LogP contribution in [0.1, 0.15) is 16.7 Å². The van der Waals surface area contributed by atoms with Crippen molar-refractivity contribution in [1.29, 1.82) is 0 Å². The van der Waals surface area contributed by atoms with E-state index in [4.69, 9.17) is 4.99 Å². The van der Waals surface area contributed by atoms with Crippen molar-refractivity contribution in [2.75, 3.05) is 38.5 Å². The molecule has 1 aromatic heterocycles. The molecule has 4 rings (SSSR count). The summed E-state index contributed by atoms with van der Waals surface area (Å²) in [5.41, 5.74) is 2.58. The van der Waals surface area contributed by atoms with E-state index in [9.17, 15) is 4.39 Å². The van der Waals surface area contributed by atoms with Crippen LogP contribution in [-0.4, -0.2) is 48.9 Å². The van der Waals surface area contributed by atoms with E-state index in [2.05, 4.69) is 35.2 Å². The fourth-order valence-corrected chi connectivity index (χ4v) is 4.19. The lowest BCUT2D eigenvalue weighted by Gasteiger charge is -2.34. The average Bonchev–Trinajstić information content (AvgIpc) is 2.92. The van der Waals surface area contributed by atoms with Gasteiger partial charge in [-0.3, -0.25) is 0 Å². The van der Waals surface area contributed by atoms with Gasteiger partial charge in [0.05, 0.1) is 21.9 Å². The summed E-state index contributed by atoms with van der Waals surface area (Å²) < 4.78 is 13.7. The van der Waals surface area contributed by atoms with E-state index in [1.807, 2.05) is 0 Å². The first-order valence-corrected chi connectivity index (χ1v) is 9.17. The van der Waals surface area contributed by atoms with Crippen LogP contribution in [0.4, 0.5) is 21.5 Å². The number of anilines is 2. The molecular weight excluding hydrogens is 323 g/mol. The molecule has 0 atom stereocenters. The van der Waals surface area contributed by atoms with Crippen LogP contribution in [0.15, 0.2) is 29.3 Å². The SMILES string of the molecule is CCc1cc2c(s1)C(N1CCN(C)CC1)=Nc1ccc(F)cc1N2. The molecule has 6 heteroatoms. The van der Waals surface area contributed by atoms with Crippen LogP contribution in [0.2, 0.25) is 0 Å². The van der Waals surface area contributed by atoms with Gasteiger partial charge in [-0.25, -0.2) is 9.38 Å². The summed E-state index contributed by atoms with van der Waals surface area (Å²) in [4.78, 5) is 12.1. The number of halogens is 1.